The molecule has 1 saturated heterocycles. The van der Waals surface area contributed by atoms with Crippen molar-refractivity contribution in [1.82, 2.24) is 14.9 Å². The normalized spacial score (nSPS) is 17.7. The lowest BCUT2D eigenvalue weighted by molar-refractivity contribution is 0.171. The van der Waals surface area contributed by atoms with Crippen LogP contribution >= 0.6 is 11.3 Å². The van der Waals surface area contributed by atoms with Crippen LogP contribution in [0.5, 0.6) is 0 Å². The molecule has 0 amide bonds. The first-order valence-electron chi connectivity index (χ1n) is 7.23. The predicted octanol–water partition coefficient (Wildman–Crippen LogP) is 2.60. The summed E-state index contributed by atoms with van der Waals surface area (Å²) in [5.74, 6) is 8.06. The number of hydrazine groups is 1. The first-order valence-corrected chi connectivity index (χ1v) is 8.11. The van der Waals surface area contributed by atoms with Crippen LogP contribution in [-0.4, -0.2) is 28.0 Å². The number of nitrogen functional groups attached to an aromatic ring is 1. The number of nitrogens with zero attached hydrogens (tertiary/aromatic N) is 3. The van der Waals surface area contributed by atoms with Crippen LogP contribution < -0.4 is 11.3 Å². The fraction of sp³-hybridized carbons (Fsp3) is 0.571. The number of nitrogens with one attached hydrogen (secondary N) is 1. The van der Waals surface area contributed by atoms with Gasteiger partial charge in [-0.25, -0.2) is 15.8 Å². The Hall–Kier alpha value is -1.24. The van der Waals surface area contributed by atoms with E-state index in [2.05, 4.69) is 27.2 Å². The highest BCUT2D eigenvalue weighted by atomic mass is 32.1. The Bertz CT molecular complexity index is 574. The SMILES string of the molecule is CCC1CCN(Cc2nc(NN)c3ccsc3n2)CC1. The average Bonchev–Trinajstić information content (AvgIpc) is 2.95. The Morgan fingerprint density at radius 3 is 2.90 bits per heavy atom. The number of nitrogens with two attached hydrogens (primary N) is 1. The molecule has 6 heteroatoms. The van der Waals surface area contributed by atoms with E-state index in [1.807, 2.05) is 11.4 Å². The third kappa shape index (κ3) is 2.77. The second-order valence-electron chi connectivity index (χ2n) is 5.40. The van der Waals surface area contributed by atoms with Gasteiger partial charge in [-0.3, -0.25) is 4.90 Å². The molecule has 0 unspecified atom stereocenters. The second-order valence-corrected chi connectivity index (χ2v) is 6.29. The van der Waals surface area contributed by atoms with Gasteiger partial charge >= 0.3 is 0 Å². The molecule has 3 heterocycles. The molecule has 108 valence electrons. The number of aromatic nitrogens is 2. The summed E-state index contributed by atoms with van der Waals surface area (Å²) >= 11 is 1.63. The summed E-state index contributed by atoms with van der Waals surface area (Å²) in [5, 5.41) is 3.03. The zero-order chi connectivity index (χ0) is 13.9. The van der Waals surface area contributed by atoms with E-state index in [0.29, 0.717) is 0 Å². The summed E-state index contributed by atoms with van der Waals surface area (Å²) in [7, 11) is 0. The summed E-state index contributed by atoms with van der Waals surface area (Å²) in [6.45, 7) is 5.40. The van der Waals surface area contributed by atoms with Crippen LogP contribution in [0.3, 0.4) is 0 Å². The lowest BCUT2D eigenvalue weighted by atomic mass is 9.94. The molecule has 0 spiro atoms. The van der Waals surface area contributed by atoms with Crippen LogP contribution in [0.2, 0.25) is 0 Å². The van der Waals surface area contributed by atoms with Gasteiger partial charge in [0.1, 0.15) is 10.7 Å². The van der Waals surface area contributed by atoms with Gasteiger partial charge in [0, 0.05) is 0 Å². The number of likely N-dealkylation sites (tertiary alicyclic amines) is 1. The predicted molar refractivity (Wildman–Crippen MR) is 83.5 cm³/mol. The smallest absolute Gasteiger partial charge is 0.152 e. The van der Waals surface area contributed by atoms with Gasteiger partial charge in [-0.2, -0.15) is 0 Å². The highest BCUT2D eigenvalue weighted by Crippen LogP contribution is 2.26. The van der Waals surface area contributed by atoms with Gasteiger partial charge in [0.2, 0.25) is 0 Å². The van der Waals surface area contributed by atoms with E-state index >= 15 is 0 Å². The van der Waals surface area contributed by atoms with E-state index in [1.165, 1.54) is 19.3 Å². The molecule has 0 radical (unpaired) electrons. The van der Waals surface area contributed by atoms with Crippen molar-refractivity contribution in [2.24, 2.45) is 11.8 Å². The fourth-order valence-electron chi connectivity index (χ4n) is 2.83. The third-order valence-corrected chi connectivity index (χ3v) is 4.96. The fourth-order valence-corrected chi connectivity index (χ4v) is 3.62. The van der Waals surface area contributed by atoms with Gasteiger partial charge in [0.05, 0.1) is 11.9 Å². The molecular formula is C14H21N5S. The van der Waals surface area contributed by atoms with Crippen LogP contribution in [0, 0.1) is 5.92 Å². The maximum atomic E-state index is 5.56. The quantitative estimate of drug-likeness (QED) is 0.669. The Kier molecular flexibility index (Phi) is 4.14. The molecular weight excluding hydrogens is 270 g/mol. The largest absolute Gasteiger partial charge is 0.308 e. The molecule has 1 aliphatic heterocycles. The number of anilines is 1. The summed E-state index contributed by atoms with van der Waals surface area (Å²) in [5.41, 5.74) is 2.69. The van der Waals surface area contributed by atoms with Crippen LogP contribution in [0.1, 0.15) is 32.0 Å². The molecule has 3 N–H and O–H groups in total. The van der Waals surface area contributed by atoms with Crippen LogP contribution in [0.25, 0.3) is 10.2 Å². The van der Waals surface area contributed by atoms with Crippen LogP contribution in [0.15, 0.2) is 11.4 Å². The molecule has 0 aliphatic carbocycles. The van der Waals surface area contributed by atoms with Crippen LogP contribution in [-0.2, 0) is 6.54 Å². The molecule has 0 aromatic carbocycles. The molecule has 20 heavy (non-hydrogen) atoms. The van der Waals surface area contributed by atoms with Crippen molar-refractivity contribution in [3.8, 4) is 0 Å². The maximum absolute atomic E-state index is 5.56. The Morgan fingerprint density at radius 2 is 2.20 bits per heavy atom. The number of hydrogen-bond donors (Lipinski definition) is 2. The Balaban J connectivity index is 1.74. The van der Waals surface area contributed by atoms with Gasteiger partial charge in [-0.1, -0.05) is 13.3 Å². The first-order chi connectivity index (χ1) is 9.80. The maximum Gasteiger partial charge on any atom is 0.152 e. The number of piperidine rings is 1. The van der Waals surface area contributed by atoms with Crippen LogP contribution in [0.4, 0.5) is 5.82 Å². The number of hydrogen-bond acceptors (Lipinski definition) is 6. The van der Waals surface area contributed by atoms with Crippen molar-refractivity contribution in [2.75, 3.05) is 18.5 Å². The molecule has 3 rings (SSSR count). The van der Waals surface area contributed by atoms with Gasteiger partial charge in [-0.15, -0.1) is 11.3 Å². The van der Waals surface area contributed by atoms with Gasteiger partial charge in [0.15, 0.2) is 5.82 Å². The average molecular weight is 291 g/mol. The van der Waals surface area contributed by atoms with Gasteiger partial charge < -0.3 is 5.43 Å². The monoisotopic (exact) mass is 291 g/mol. The van der Waals surface area contributed by atoms with Crippen molar-refractivity contribution in [3.63, 3.8) is 0 Å². The zero-order valence-corrected chi connectivity index (χ0v) is 12.6. The van der Waals surface area contributed by atoms with E-state index in [1.54, 1.807) is 11.3 Å². The minimum absolute atomic E-state index is 0.731. The Morgan fingerprint density at radius 1 is 1.40 bits per heavy atom. The highest BCUT2D eigenvalue weighted by Gasteiger charge is 2.19. The summed E-state index contributed by atoms with van der Waals surface area (Å²) < 4.78 is 0. The molecule has 2 aromatic rings. The van der Waals surface area contributed by atoms with Crippen molar-refractivity contribution >= 4 is 27.4 Å². The summed E-state index contributed by atoms with van der Waals surface area (Å²) in [6.07, 6.45) is 3.88. The van der Waals surface area contributed by atoms with Crippen molar-refractivity contribution in [3.05, 3.63) is 17.3 Å². The number of thiophene rings is 1. The molecule has 1 fully saturated rings. The standard InChI is InChI=1S/C14H21N5S/c1-2-10-3-6-19(7-4-10)9-12-16-13(18-15)11-5-8-20-14(11)17-12/h5,8,10H,2-4,6-7,9,15H2,1H3,(H,16,17,18). The van der Waals surface area contributed by atoms with E-state index in [9.17, 15) is 0 Å². The lowest BCUT2D eigenvalue weighted by Crippen LogP contribution is -2.33. The van der Waals surface area contributed by atoms with Crippen molar-refractivity contribution < 1.29 is 0 Å². The first kappa shape index (κ1) is 13.7. The van der Waals surface area contributed by atoms with Gasteiger partial charge in [0.25, 0.3) is 0 Å². The van der Waals surface area contributed by atoms with Gasteiger partial charge in [-0.05, 0) is 43.3 Å². The topological polar surface area (TPSA) is 67.1 Å². The molecule has 0 saturated carbocycles. The van der Waals surface area contributed by atoms with Crippen molar-refractivity contribution in [1.29, 1.82) is 0 Å². The van der Waals surface area contributed by atoms with E-state index in [4.69, 9.17) is 5.84 Å². The highest BCUT2D eigenvalue weighted by molar-refractivity contribution is 7.16. The van der Waals surface area contributed by atoms with E-state index in [0.717, 1.165) is 47.4 Å². The van der Waals surface area contributed by atoms with E-state index in [-0.39, 0.29) is 0 Å². The zero-order valence-electron chi connectivity index (χ0n) is 11.8. The number of fused-ring (bicyclic) bond motifs is 1. The molecule has 0 atom stereocenters. The second kappa shape index (κ2) is 6.03. The van der Waals surface area contributed by atoms with Crippen molar-refractivity contribution in [2.45, 2.75) is 32.7 Å². The lowest BCUT2D eigenvalue weighted by Gasteiger charge is -2.30. The third-order valence-electron chi connectivity index (χ3n) is 4.16. The van der Waals surface area contributed by atoms with E-state index < -0.39 is 0 Å². The molecule has 5 nitrogen and oxygen atoms in total. The molecule has 1 aliphatic rings. The summed E-state index contributed by atoms with van der Waals surface area (Å²) in [4.78, 5) is 12.6. The number of rotatable bonds is 4. The minimum Gasteiger partial charge on any atom is -0.308 e. The Labute approximate surface area is 123 Å². The summed E-state index contributed by atoms with van der Waals surface area (Å²) in [6, 6.07) is 2.01. The molecule has 2 aromatic heterocycles. The minimum atomic E-state index is 0.731. The molecule has 0 bridgehead atoms.